The zero-order chi connectivity index (χ0) is 9.97. The smallest absolute Gasteiger partial charge is 0.229 e. The average Bonchev–Trinajstić information content (AvgIpc) is 2.19. The lowest BCUT2D eigenvalue weighted by molar-refractivity contribution is -0.124. The van der Waals surface area contributed by atoms with Crippen molar-refractivity contribution in [2.75, 3.05) is 4.90 Å². The van der Waals surface area contributed by atoms with Crippen LogP contribution >= 0.6 is 0 Å². The van der Waals surface area contributed by atoms with E-state index < -0.39 is 0 Å². The van der Waals surface area contributed by atoms with Crippen LogP contribution in [0.3, 0.4) is 0 Å². The van der Waals surface area contributed by atoms with Crippen molar-refractivity contribution in [2.24, 2.45) is 0 Å². The number of β-lactam (4-membered cyclic amide) rings is 1. The molecule has 1 aliphatic heterocycles. The maximum Gasteiger partial charge on any atom is 0.229 e. The number of benzene rings is 1. The number of nitriles is 1. The first-order valence-corrected chi connectivity index (χ1v) is 4.57. The summed E-state index contributed by atoms with van der Waals surface area (Å²) < 4.78 is 0. The number of anilines is 1. The summed E-state index contributed by atoms with van der Waals surface area (Å²) in [6, 6.07) is 11.7. The average molecular weight is 186 g/mol. The van der Waals surface area contributed by atoms with E-state index in [0.29, 0.717) is 12.8 Å². The van der Waals surface area contributed by atoms with E-state index in [1.807, 2.05) is 30.3 Å². The van der Waals surface area contributed by atoms with Crippen molar-refractivity contribution in [3.8, 4) is 6.07 Å². The van der Waals surface area contributed by atoms with Gasteiger partial charge in [0.15, 0.2) is 0 Å². The minimum atomic E-state index is 0.0786. The molecule has 1 amide bonds. The van der Waals surface area contributed by atoms with Gasteiger partial charge in [-0.3, -0.25) is 4.79 Å². The monoisotopic (exact) mass is 186 g/mol. The molecule has 1 aliphatic rings. The molecule has 2 rings (SSSR count). The molecule has 70 valence electrons. The third-order valence-corrected chi connectivity index (χ3v) is 2.41. The van der Waals surface area contributed by atoms with E-state index in [2.05, 4.69) is 6.07 Å². The third-order valence-electron chi connectivity index (χ3n) is 2.41. The predicted molar refractivity (Wildman–Crippen MR) is 52.6 cm³/mol. The van der Waals surface area contributed by atoms with Crippen LogP contribution in [0.2, 0.25) is 0 Å². The van der Waals surface area contributed by atoms with E-state index in [-0.39, 0.29) is 11.9 Å². The van der Waals surface area contributed by atoms with Gasteiger partial charge in [-0.1, -0.05) is 18.2 Å². The Morgan fingerprint density at radius 3 is 2.71 bits per heavy atom. The Morgan fingerprint density at radius 2 is 2.14 bits per heavy atom. The van der Waals surface area contributed by atoms with Crippen molar-refractivity contribution in [2.45, 2.75) is 18.9 Å². The Hall–Kier alpha value is -1.82. The summed E-state index contributed by atoms with van der Waals surface area (Å²) in [6.07, 6.45) is 0.920. The zero-order valence-corrected chi connectivity index (χ0v) is 7.68. The molecule has 3 heteroatoms. The summed E-state index contributed by atoms with van der Waals surface area (Å²) in [5.74, 6) is 0.108. The van der Waals surface area contributed by atoms with E-state index in [1.54, 1.807) is 4.90 Å². The fraction of sp³-hybridized carbons (Fsp3) is 0.273. The first-order valence-electron chi connectivity index (χ1n) is 4.57. The van der Waals surface area contributed by atoms with E-state index in [9.17, 15) is 4.79 Å². The quantitative estimate of drug-likeness (QED) is 0.660. The number of hydrogen-bond acceptors (Lipinski definition) is 2. The van der Waals surface area contributed by atoms with Crippen molar-refractivity contribution in [1.82, 2.24) is 0 Å². The number of amides is 1. The van der Waals surface area contributed by atoms with Crippen LogP contribution in [0.4, 0.5) is 5.69 Å². The van der Waals surface area contributed by atoms with Crippen molar-refractivity contribution in [3.05, 3.63) is 30.3 Å². The molecular formula is C11H10N2O. The van der Waals surface area contributed by atoms with Gasteiger partial charge in [-0.05, 0) is 12.1 Å². The molecule has 0 aliphatic carbocycles. The highest BCUT2D eigenvalue weighted by atomic mass is 16.2. The summed E-state index contributed by atoms with van der Waals surface area (Å²) in [4.78, 5) is 13.0. The molecule has 0 saturated carbocycles. The highest BCUT2D eigenvalue weighted by molar-refractivity contribution is 6.00. The molecule has 0 spiro atoms. The Bertz CT molecular complexity index is 380. The molecule has 14 heavy (non-hydrogen) atoms. The second kappa shape index (κ2) is 3.51. The summed E-state index contributed by atoms with van der Waals surface area (Å²) >= 11 is 0. The molecule has 1 unspecified atom stereocenters. The van der Waals surface area contributed by atoms with Gasteiger partial charge in [-0.2, -0.15) is 5.26 Å². The SMILES string of the molecule is N#CCC1CC(=O)N1c1ccccc1. The number of rotatable bonds is 2. The van der Waals surface area contributed by atoms with Crippen LogP contribution in [0, 0.1) is 11.3 Å². The van der Waals surface area contributed by atoms with Gasteiger partial charge in [0.2, 0.25) is 5.91 Å². The number of nitrogens with zero attached hydrogens (tertiary/aromatic N) is 2. The van der Waals surface area contributed by atoms with Gasteiger partial charge < -0.3 is 4.90 Å². The van der Waals surface area contributed by atoms with Crippen molar-refractivity contribution in [3.63, 3.8) is 0 Å². The predicted octanol–water partition coefficient (Wildman–Crippen LogP) is 1.71. The number of hydrogen-bond donors (Lipinski definition) is 0. The van der Waals surface area contributed by atoms with Crippen molar-refractivity contribution < 1.29 is 4.79 Å². The van der Waals surface area contributed by atoms with Gasteiger partial charge in [0, 0.05) is 12.1 Å². The molecule has 1 aromatic rings. The van der Waals surface area contributed by atoms with Crippen LogP contribution in [0.25, 0.3) is 0 Å². The molecule has 1 atom stereocenters. The van der Waals surface area contributed by atoms with Crippen LogP contribution in [-0.4, -0.2) is 11.9 Å². The standard InChI is InChI=1S/C11H10N2O/c12-7-6-10-8-11(14)13(10)9-4-2-1-3-5-9/h1-5,10H,6,8H2. The second-order valence-electron chi connectivity index (χ2n) is 3.32. The van der Waals surface area contributed by atoms with Gasteiger partial charge in [-0.15, -0.1) is 0 Å². The molecule has 1 saturated heterocycles. The largest absolute Gasteiger partial charge is 0.308 e. The molecule has 1 aromatic carbocycles. The van der Waals surface area contributed by atoms with Gasteiger partial charge in [0.05, 0.1) is 18.5 Å². The molecular weight excluding hydrogens is 176 g/mol. The highest BCUT2D eigenvalue weighted by Gasteiger charge is 2.36. The Labute approximate surface area is 82.6 Å². The summed E-state index contributed by atoms with van der Waals surface area (Å²) in [6.45, 7) is 0. The number of para-hydroxylation sites is 1. The minimum Gasteiger partial charge on any atom is -0.308 e. The second-order valence-corrected chi connectivity index (χ2v) is 3.32. The molecule has 1 heterocycles. The maximum atomic E-state index is 11.3. The molecule has 0 radical (unpaired) electrons. The van der Waals surface area contributed by atoms with E-state index in [1.165, 1.54) is 0 Å². The lowest BCUT2D eigenvalue weighted by Gasteiger charge is -2.39. The summed E-state index contributed by atoms with van der Waals surface area (Å²) in [5.41, 5.74) is 0.893. The van der Waals surface area contributed by atoms with Gasteiger partial charge in [0.1, 0.15) is 0 Å². The topological polar surface area (TPSA) is 44.1 Å². The first-order chi connectivity index (χ1) is 6.83. The minimum absolute atomic E-state index is 0.0786. The van der Waals surface area contributed by atoms with E-state index in [4.69, 9.17) is 5.26 Å². The molecule has 1 fully saturated rings. The normalized spacial score (nSPS) is 20.1. The Morgan fingerprint density at radius 1 is 1.43 bits per heavy atom. The highest BCUT2D eigenvalue weighted by Crippen LogP contribution is 2.28. The molecule has 0 N–H and O–H groups in total. The Balaban J connectivity index is 2.18. The van der Waals surface area contributed by atoms with Crippen LogP contribution in [0.5, 0.6) is 0 Å². The van der Waals surface area contributed by atoms with Crippen LogP contribution in [0.15, 0.2) is 30.3 Å². The van der Waals surface area contributed by atoms with Gasteiger partial charge in [-0.25, -0.2) is 0 Å². The van der Waals surface area contributed by atoms with Crippen LogP contribution < -0.4 is 4.90 Å². The number of carbonyl (C=O) groups excluding carboxylic acids is 1. The fourth-order valence-electron chi connectivity index (χ4n) is 1.69. The Kier molecular flexibility index (Phi) is 2.19. The van der Waals surface area contributed by atoms with Gasteiger partial charge >= 0.3 is 0 Å². The van der Waals surface area contributed by atoms with E-state index >= 15 is 0 Å². The lowest BCUT2D eigenvalue weighted by Crippen LogP contribution is -2.52. The third kappa shape index (κ3) is 1.35. The van der Waals surface area contributed by atoms with Crippen molar-refractivity contribution >= 4 is 11.6 Å². The molecule has 3 nitrogen and oxygen atoms in total. The zero-order valence-electron chi connectivity index (χ0n) is 7.68. The number of carbonyl (C=O) groups is 1. The molecule has 0 bridgehead atoms. The first kappa shape index (κ1) is 8.76. The summed E-state index contributed by atoms with van der Waals surface area (Å²) in [5, 5.41) is 8.56. The fourth-order valence-corrected chi connectivity index (χ4v) is 1.69. The van der Waals surface area contributed by atoms with Crippen LogP contribution in [0.1, 0.15) is 12.8 Å². The van der Waals surface area contributed by atoms with Gasteiger partial charge in [0.25, 0.3) is 0 Å². The maximum absolute atomic E-state index is 11.3. The van der Waals surface area contributed by atoms with Crippen molar-refractivity contribution in [1.29, 1.82) is 5.26 Å². The van der Waals surface area contributed by atoms with E-state index in [0.717, 1.165) is 5.69 Å². The van der Waals surface area contributed by atoms with Crippen LogP contribution in [-0.2, 0) is 4.79 Å². The molecule has 0 aromatic heterocycles. The lowest BCUT2D eigenvalue weighted by atomic mass is 9.98. The summed E-state index contributed by atoms with van der Waals surface area (Å²) in [7, 11) is 0.